The summed E-state index contributed by atoms with van der Waals surface area (Å²) in [5, 5.41) is 0. The lowest BCUT2D eigenvalue weighted by atomic mass is 9.95. The summed E-state index contributed by atoms with van der Waals surface area (Å²) in [6.07, 6.45) is 3.06. The lowest BCUT2D eigenvalue weighted by Crippen LogP contribution is -2.15. The monoisotopic (exact) mass is 527 g/mol. The third-order valence-electron chi connectivity index (χ3n) is 4.89. The van der Waals surface area contributed by atoms with Gasteiger partial charge < -0.3 is 14.2 Å². The molecule has 0 radical (unpaired) electrons. The number of hydrogen-bond donors (Lipinski definition) is 1. The molecule has 0 unspecified atom stereocenters. The van der Waals surface area contributed by atoms with Crippen LogP contribution in [0.25, 0.3) is 11.6 Å². The van der Waals surface area contributed by atoms with Crippen LogP contribution in [0.5, 0.6) is 23.1 Å². The molecule has 0 aliphatic carbocycles. The number of benzene rings is 1. The second-order valence-corrected chi connectivity index (χ2v) is 11.5. The molecular formula is C24H25N5O5S2. The van der Waals surface area contributed by atoms with Gasteiger partial charge in [-0.05, 0) is 35.7 Å². The van der Waals surface area contributed by atoms with Crippen LogP contribution in [0.2, 0.25) is 0 Å². The Kier molecular flexibility index (Phi) is 7.09. The zero-order valence-corrected chi connectivity index (χ0v) is 22.0. The van der Waals surface area contributed by atoms with E-state index >= 15 is 0 Å². The normalized spacial score (nSPS) is 11.7. The number of thiophene rings is 1. The number of anilines is 1. The zero-order chi connectivity index (χ0) is 25.9. The minimum absolute atomic E-state index is 0.0161. The van der Waals surface area contributed by atoms with E-state index in [-0.39, 0.29) is 38.7 Å². The number of nitrogens with one attached hydrogen (secondary N) is 1. The predicted molar refractivity (Wildman–Crippen MR) is 137 cm³/mol. The third-order valence-corrected chi connectivity index (χ3v) is 8.23. The molecule has 188 valence electrons. The van der Waals surface area contributed by atoms with Gasteiger partial charge in [0, 0.05) is 17.3 Å². The zero-order valence-electron chi connectivity index (χ0n) is 20.3. The average molecular weight is 528 g/mol. The lowest BCUT2D eigenvalue weighted by molar-refractivity contribution is 0.348. The first-order valence-electron chi connectivity index (χ1n) is 10.8. The molecule has 0 aliphatic rings. The predicted octanol–water partition coefficient (Wildman–Crippen LogP) is 4.90. The Labute approximate surface area is 213 Å². The summed E-state index contributed by atoms with van der Waals surface area (Å²) in [6, 6.07) is 11.9. The van der Waals surface area contributed by atoms with Crippen LogP contribution < -0.4 is 18.9 Å². The first-order chi connectivity index (χ1) is 17.1. The van der Waals surface area contributed by atoms with Gasteiger partial charge in [-0.25, -0.2) is 23.4 Å². The molecule has 0 saturated carbocycles. The highest BCUT2D eigenvalue weighted by molar-refractivity contribution is 7.94. The van der Waals surface area contributed by atoms with Crippen LogP contribution in [-0.4, -0.2) is 42.6 Å². The highest BCUT2D eigenvalue weighted by atomic mass is 32.2. The molecule has 36 heavy (non-hydrogen) atoms. The Hall–Kier alpha value is -3.77. The number of nitrogens with zero attached hydrogens (tertiary/aromatic N) is 4. The maximum Gasteiger partial charge on any atom is 0.272 e. The van der Waals surface area contributed by atoms with Gasteiger partial charge in [0.2, 0.25) is 11.6 Å². The first-order valence-corrected chi connectivity index (χ1v) is 13.1. The molecule has 4 rings (SSSR count). The molecular weight excluding hydrogens is 502 g/mol. The lowest BCUT2D eigenvalue weighted by Gasteiger charge is -2.17. The Morgan fingerprint density at radius 3 is 2.17 bits per heavy atom. The fourth-order valence-electron chi connectivity index (χ4n) is 3.10. The van der Waals surface area contributed by atoms with E-state index in [0.29, 0.717) is 11.5 Å². The second-order valence-electron chi connectivity index (χ2n) is 8.53. The van der Waals surface area contributed by atoms with Crippen molar-refractivity contribution >= 4 is 27.2 Å². The van der Waals surface area contributed by atoms with Crippen molar-refractivity contribution in [3.05, 3.63) is 59.7 Å². The van der Waals surface area contributed by atoms with Crippen molar-refractivity contribution in [1.29, 1.82) is 0 Å². The second kappa shape index (κ2) is 10.1. The van der Waals surface area contributed by atoms with Crippen molar-refractivity contribution in [3.63, 3.8) is 0 Å². The Morgan fingerprint density at radius 2 is 1.56 bits per heavy atom. The van der Waals surface area contributed by atoms with Crippen molar-refractivity contribution in [3.8, 4) is 34.8 Å². The summed E-state index contributed by atoms with van der Waals surface area (Å²) >= 11 is 1.18. The number of sulfonamides is 1. The van der Waals surface area contributed by atoms with E-state index in [1.807, 2.05) is 20.8 Å². The minimum atomic E-state index is -4.04. The average Bonchev–Trinajstić information content (AvgIpc) is 3.38. The molecule has 1 N–H and O–H groups in total. The van der Waals surface area contributed by atoms with E-state index in [1.165, 1.54) is 38.0 Å². The molecule has 12 heteroatoms. The number of ether oxygens (including phenoxy) is 3. The largest absolute Gasteiger partial charge is 0.493 e. The molecule has 0 atom stereocenters. The van der Waals surface area contributed by atoms with Gasteiger partial charge in [0.05, 0.1) is 14.2 Å². The number of rotatable bonds is 8. The van der Waals surface area contributed by atoms with Crippen molar-refractivity contribution in [2.75, 3.05) is 18.9 Å². The highest BCUT2D eigenvalue weighted by Crippen LogP contribution is 2.41. The van der Waals surface area contributed by atoms with Gasteiger partial charge in [0.25, 0.3) is 15.9 Å². The highest BCUT2D eigenvalue weighted by Gasteiger charge is 2.27. The van der Waals surface area contributed by atoms with Gasteiger partial charge in [-0.1, -0.05) is 32.9 Å². The van der Waals surface area contributed by atoms with E-state index in [4.69, 9.17) is 14.2 Å². The molecule has 0 spiro atoms. The molecule has 3 heterocycles. The van der Waals surface area contributed by atoms with E-state index < -0.39 is 10.0 Å². The quantitative estimate of drug-likeness (QED) is 0.340. The summed E-state index contributed by atoms with van der Waals surface area (Å²) in [4.78, 5) is 18.0. The Balaban J connectivity index is 1.84. The smallest absolute Gasteiger partial charge is 0.272 e. The van der Waals surface area contributed by atoms with Gasteiger partial charge in [-0.3, -0.25) is 4.72 Å². The molecule has 0 aliphatic heterocycles. The summed E-state index contributed by atoms with van der Waals surface area (Å²) in [6.45, 7) is 6.05. The number of hydrogen-bond acceptors (Lipinski definition) is 10. The van der Waals surface area contributed by atoms with Gasteiger partial charge in [0.15, 0.2) is 23.1 Å². The third kappa shape index (κ3) is 5.39. The van der Waals surface area contributed by atoms with Gasteiger partial charge >= 0.3 is 0 Å². The van der Waals surface area contributed by atoms with Crippen LogP contribution in [0, 0.1) is 0 Å². The Bertz CT molecular complexity index is 1470. The summed E-state index contributed by atoms with van der Waals surface area (Å²) in [5.74, 6) is 0.788. The number of para-hydroxylation sites is 2. The summed E-state index contributed by atoms with van der Waals surface area (Å²) in [7, 11) is -1.15. The van der Waals surface area contributed by atoms with Crippen LogP contribution in [0.3, 0.4) is 0 Å². The van der Waals surface area contributed by atoms with Crippen LogP contribution in [0.4, 0.5) is 5.82 Å². The van der Waals surface area contributed by atoms with Crippen LogP contribution in [-0.2, 0) is 15.4 Å². The van der Waals surface area contributed by atoms with Gasteiger partial charge in [0.1, 0.15) is 4.21 Å². The van der Waals surface area contributed by atoms with Crippen molar-refractivity contribution in [2.24, 2.45) is 0 Å². The summed E-state index contributed by atoms with van der Waals surface area (Å²) < 4.78 is 46.3. The topological polar surface area (TPSA) is 125 Å². The van der Waals surface area contributed by atoms with Crippen molar-refractivity contribution in [1.82, 2.24) is 19.9 Å². The standard InChI is InChI=1S/C24H25N5O5S2/c1-24(2,3)17-11-12-18(35-17)36(30,31)29-20-19(34-16-10-7-6-9-15(16)32-4)23(33-5)28-22(27-20)21-25-13-8-14-26-21/h6-14H,1-5H3,(H,27,28,29). The van der Waals surface area contributed by atoms with E-state index in [0.717, 1.165) is 4.88 Å². The van der Waals surface area contributed by atoms with Crippen molar-refractivity contribution < 1.29 is 22.6 Å². The minimum Gasteiger partial charge on any atom is -0.493 e. The number of aromatic nitrogens is 4. The fraction of sp³-hybridized carbons (Fsp3) is 0.250. The molecule has 0 saturated heterocycles. The molecule has 1 aromatic carbocycles. The maximum atomic E-state index is 13.4. The molecule has 10 nitrogen and oxygen atoms in total. The van der Waals surface area contributed by atoms with Gasteiger partial charge in [-0.15, -0.1) is 11.3 Å². The number of methoxy groups -OCH3 is 2. The maximum absolute atomic E-state index is 13.4. The molecule has 0 fully saturated rings. The van der Waals surface area contributed by atoms with Crippen LogP contribution in [0.1, 0.15) is 25.6 Å². The van der Waals surface area contributed by atoms with E-state index in [9.17, 15) is 8.42 Å². The first kappa shape index (κ1) is 25.3. The van der Waals surface area contributed by atoms with Gasteiger partial charge in [-0.2, -0.15) is 4.98 Å². The SMILES string of the molecule is COc1ccccc1Oc1c(NS(=O)(=O)c2ccc(C(C)(C)C)s2)nc(-c2ncccn2)nc1OC. The fourth-order valence-corrected chi connectivity index (χ4v) is 5.47. The van der Waals surface area contributed by atoms with E-state index in [1.54, 1.807) is 42.5 Å². The molecule has 0 amide bonds. The van der Waals surface area contributed by atoms with E-state index in [2.05, 4.69) is 24.7 Å². The molecule has 0 bridgehead atoms. The Morgan fingerprint density at radius 1 is 0.861 bits per heavy atom. The molecule has 3 aromatic heterocycles. The van der Waals surface area contributed by atoms with Crippen molar-refractivity contribution in [2.45, 2.75) is 30.4 Å². The van der Waals surface area contributed by atoms with Crippen LogP contribution >= 0.6 is 11.3 Å². The van der Waals surface area contributed by atoms with Crippen LogP contribution in [0.15, 0.2) is 59.1 Å². The summed E-state index contributed by atoms with van der Waals surface area (Å²) in [5.41, 5.74) is -0.202. The molecule has 4 aromatic rings.